The summed E-state index contributed by atoms with van der Waals surface area (Å²) in [5.41, 5.74) is 6.03. The Kier molecular flexibility index (Phi) is 5.25. The second kappa shape index (κ2) is 7.59. The molecule has 0 aliphatic heterocycles. The van der Waals surface area contributed by atoms with E-state index >= 15 is 0 Å². The van der Waals surface area contributed by atoms with Gasteiger partial charge in [-0.25, -0.2) is 0 Å². The third kappa shape index (κ3) is 3.71. The maximum atomic E-state index is 12.5. The van der Waals surface area contributed by atoms with Crippen molar-refractivity contribution in [2.45, 2.75) is 6.92 Å². The van der Waals surface area contributed by atoms with Crippen LogP contribution in [-0.4, -0.2) is 17.0 Å². The monoisotopic (exact) mass is 389 g/mol. The minimum atomic E-state index is -0.575. The number of hydrogen-bond donors (Lipinski definition) is 2. The first-order valence-electron chi connectivity index (χ1n) is 7.55. The first-order valence-corrected chi connectivity index (χ1v) is 8.30. The van der Waals surface area contributed by atoms with Crippen molar-refractivity contribution in [1.82, 2.24) is 16.0 Å². The molecule has 8 heteroatoms. The maximum absolute atomic E-state index is 12.5. The van der Waals surface area contributed by atoms with Gasteiger partial charge in [0.1, 0.15) is 17.0 Å². The Morgan fingerprint density at radius 2 is 1.73 bits per heavy atom. The Labute approximate surface area is 159 Å². The highest BCUT2D eigenvalue weighted by molar-refractivity contribution is 6.33. The van der Waals surface area contributed by atoms with Crippen LogP contribution in [-0.2, 0) is 0 Å². The van der Waals surface area contributed by atoms with Gasteiger partial charge in [-0.05, 0) is 31.2 Å². The summed E-state index contributed by atoms with van der Waals surface area (Å²) in [7, 11) is 0. The fourth-order valence-electron chi connectivity index (χ4n) is 2.35. The highest BCUT2D eigenvalue weighted by atomic mass is 35.5. The number of nitrogens with one attached hydrogen (secondary N) is 2. The van der Waals surface area contributed by atoms with E-state index in [4.69, 9.17) is 27.7 Å². The second-order valence-corrected chi connectivity index (χ2v) is 6.20. The molecular formula is C18H13Cl2N3O3. The molecule has 0 atom stereocenters. The number of nitrogens with zero attached hydrogens (tertiary/aromatic N) is 1. The number of carbonyl (C=O) groups excluding carboxylic acids is 2. The molecule has 6 nitrogen and oxygen atoms in total. The molecule has 0 saturated carbocycles. The summed E-state index contributed by atoms with van der Waals surface area (Å²) < 4.78 is 5.13. The van der Waals surface area contributed by atoms with E-state index in [1.165, 1.54) is 6.07 Å². The molecule has 0 aliphatic rings. The normalized spacial score (nSPS) is 10.4. The summed E-state index contributed by atoms with van der Waals surface area (Å²) in [6.45, 7) is 1.60. The van der Waals surface area contributed by atoms with Gasteiger partial charge in [0, 0.05) is 16.1 Å². The molecule has 132 valence electrons. The van der Waals surface area contributed by atoms with Crippen LogP contribution >= 0.6 is 23.2 Å². The number of aromatic nitrogens is 1. The van der Waals surface area contributed by atoms with E-state index in [-0.39, 0.29) is 5.56 Å². The minimum Gasteiger partial charge on any atom is -0.360 e. The molecule has 0 bridgehead atoms. The van der Waals surface area contributed by atoms with Gasteiger partial charge in [-0.3, -0.25) is 20.4 Å². The Bertz CT molecular complexity index is 985. The molecule has 0 unspecified atom stereocenters. The first-order chi connectivity index (χ1) is 12.5. The molecule has 3 aromatic rings. The van der Waals surface area contributed by atoms with Crippen molar-refractivity contribution in [3.8, 4) is 11.3 Å². The van der Waals surface area contributed by atoms with Gasteiger partial charge in [0.25, 0.3) is 11.8 Å². The van der Waals surface area contributed by atoms with Gasteiger partial charge in [-0.15, -0.1) is 0 Å². The van der Waals surface area contributed by atoms with E-state index in [0.29, 0.717) is 32.6 Å². The lowest BCUT2D eigenvalue weighted by molar-refractivity contribution is 0.0846. The van der Waals surface area contributed by atoms with Crippen molar-refractivity contribution in [1.29, 1.82) is 0 Å². The zero-order valence-corrected chi connectivity index (χ0v) is 15.1. The Balaban J connectivity index is 1.80. The van der Waals surface area contributed by atoms with E-state index in [0.717, 1.165) is 0 Å². The van der Waals surface area contributed by atoms with Gasteiger partial charge in [-0.1, -0.05) is 52.6 Å². The fourth-order valence-corrected chi connectivity index (χ4v) is 2.77. The van der Waals surface area contributed by atoms with Crippen molar-refractivity contribution in [3.63, 3.8) is 0 Å². The molecule has 0 aliphatic carbocycles. The topological polar surface area (TPSA) is 84.2 Å². The zero-order valence-electron chi connectivity index (χ0n) is 13.5. The molecule has 26 heavy (non-hydrogen) atoms. The summed E-state index contributed by atoms with van der Waals surface area (Å²) in [6.07, 6.45) is 0. The summed E-state index contributed by atoms with van der Waals surface area (Å²) in [6, 6.07) is 13.3. The van der Waals surface area contributed by atoms with Crippen LogP contribution in [0.25, 0.3) is 11.3 Å². The molecule has 0 spiro atoms. The molecule has 2 N–H and O–H groups in total. The third-order valence-corrected chi connectivity index (χ3v) is 4.16. The lowest BCUT2D eigenvalue weighted by Gasteiger charge is -2.08. The van der Waals surface area contributed by atoms with Crippen molar-refractivity contribution >= 4 is 35.0 Å². The van der Waals surface area contributed by atoms with Crippen LogP contribution < -0.4 is 10.9 Å². The number of benzene rings is 2. The number of amides is 2. The molecule has 2 amide bonds. The van der Waals surface area contributed by atoms with Gasteiger partial charge in [0.2, 0.25) is 0 Å². The lowest BCUT2D eigenvalue weighted by Crippen LogP contribution is -2.41. The van der Waals surface area contributed by atoms with E-state index in [1.54, 1.807) is 49.4 Å². The number of rotatable bonds is 3. The van der Waals surface area contributed by atoms with Crippen LogP contribution in [0.2, 0.25) is 10.0 Å². The summed E-state index contributed by atoms with van der Waals surface area (Å²) in [5.74, 6) is -0.780. The van der Waals surface area contributed by atoms with Gasteiger partial charge >= 0.3 is 0 Å². The SMILES string of the molecule is Cc1onc(-c2ccccc2Cl)c1C(=O)NNC(=O)c1cccc(Cl)c1. The minimum absolute atomic E-state index is 0.185. The van der Waals surface area contributed by atoms with Crippen molar-refractivity contribution in [2.75, 3.05) is 0 Å². The molecular weight excluding hydrogens is 377 g/mol. The van der Waals surface area contributed by atoms with E-state index in [9.17, 15) is 9.59 Å². The standard InChI is InChI=1S/C18H13Cl2N3O3/c1-10-15(16(23-26-10)13-7-2-3-8-14(13)20)18(25)22-21-17(24)11-5-4-6-12(19)9-11/h2-9H,1H3,(H,21,24)(H,22,25). The maximum Gasteiger partial charge on any atom is 0.275 e. The molecule has 0 radical (unpaired) electrons. The van der Waals surface area contributed by atoms with E-state index < -0.39 is 11.8 Å². The highest BCUT2D eigenvalue weighted by Crippen LogP contribution is 2.30. The Morgan fingerprint density at radius 1 is 1.00 bits per heavy atom. The molecule has 0 saturated heterocycles. The molecule has 1 aromatic heterocycles. The number of hydrogen-bond acceptors (Lipinski definition) is 4. The van der Waals surface area contributed by atoms with Gasteiger partial charge in [-0.2, -0.15) is 0 Å². The second-order valence-electron chi connectivity index (χ2n) is 5.36. The fraction of sp³-hybridized carbons (Fsp3) is 0.0556. The van der Waals surface area contributed by atoms with E-state index in [1.807, 2.05) is 0 Å². The van der Waals surface area contributed by atoms with E-state index in [2.05, 4.69) is 16.0 Å². The average molecular weight is 390 g/mol. The Hall–Kier alpha value is -2.83. The quantitative estimate of drug-likeness (QED) is 0.662. The third-order valence-electron chi connectivity index (χ3n) is 3.60. The van der Waals surface area contributed by atoms with Crippen molar-refractivity contribution in [3.05, 3.63) is 75.5 Å². The molecule has 3 rings (SSSR count). The predicted molar refractivity (Wildman–Crippen MR) is 98.1 cm³/mol. The summed E-state index contributed by atoms with van der Waals surface area (Å²) in [5, 5.41) is 4.76. The van der Waals surface area contributed by atoms with Gasteiger partial charge < -0.3 is 4.52 Å². The van der Waals surface area contributed by atoms with Crippen molar-refractivity contribution < 1.29 is 14.1 Å². The van der Waals surface area contributed by atoms with Gasteiger partial charge in [0.15, 0.2) is 0 Å². The largest absolute Gasteiger partial charge is 0.360 e. The Morgan fingerprint density at radius 3 is 2.46 bits per heavy atom. The lowest BCUT2D eigenvalue weighted by atomic mass is 10.1. The highest BCUT2D eigenvalue weighted by Gasteiger charge is 2.23. The number of hydrazine groups is 1. The average Bonchev–Trinajstić information content (AvgIpc) is 3.01. The molecule has 1 heterocycles. The van der Waals surface area contributed by atoms with Crippen LogP contribution in [0, 0.1) is 6.92 Å². The number of carbonyl (C=O) groups is 2. The van der Waals surface area contributed by atoms with Crippen molar-refractivity contribution in [2.24, 2.45) is 0 Å². The summed E-state index contributed by atoms with van der Waals surface area (Å²) in [4.78, 5) is 24.7. The van der Waals surface area contributed by atoms with Gasteiger partial charge in [0.05, 0.1) is 5.02 Å². The molecule has 0 fully saturated rings. The predicted octanol–water partition coefficient (Wildman–Crippen LogP) is 4.03. The molecule has 2 aromatic carbocycles. The summed E-state index contributed by atoms with van der Waals surface area (Å²) >= 11 is 12.0. The zero-order chi connectivity index (χ0) is 18.7. The van der Waals surface area contributed by atoms with Crippen LogP contribution in [0.15, 0.2) is 53.1 Å². The van der Waals surface area contributed by atoms with Crippen LogP contribution in [0.1, 0.15) is 26.5 Å². The smallest absolute Gasteiger partial charge is 0.275 e. The number of aryl methyl sites for hydroxylation is 1. The van der Waals surface area contributed by atoms with Crippen LogP contribution in [0.4, 0.5) is 0 Å². The number of halogens is 2. The van der Waals surface area contributed by atoms with Crippen LogP contribution in [0.3, 0.4) is 0 Å². The first kappa shape index (κ1) is 18.0. The van der Waals surface area contributed by atoms with Crippen LogP contribution in [0.5, 0.6) is 0 Å².